The maximum atomic E-state index is 13.1. The van der Waals surface area contributed by atoms with Crippen molar-refractivity contribution in [2.75, 3.05) is 20.3 Å². The molecular formula is C19H21N5O2S. The fourth-order valence-corrected chi connectivity index (χ4v) is 4.77. The van der Waals surface area contributed by atoms with Crippen LogP contribution in [0.3, 0.4) is 0 Å². The van der Waals surface area contributed by atoms with Gasteiger partial charge in [0.25, 0.3) is 5.91 Å². The summed E-state index contributed by atoms with van der Waals surface area (Å²) < 4.78 is 7.48. The van der Waals surface area contributed by atoms with Gasteiger partial charge in [-0.05, 0) is 26.0 Å². The molecule has 2 aromatic heterocycles. The maximum absolute atomic E-state index is 13.1. The lowest BCUT2D eigenvalue weighted by atomic mass is 9.90. The summed E-state index contributed by atoms with van der Waals surface area (Å²) in [6.07, 6.45) is 3.59. The topological polar surface area (TPSA) is 72.3 Å². The van der Waals surface area contributed by atoms with E-state index >= 15 is 0 Å². The zero-order valence-corrected chi connectivity index (χ0v) is 15.9. The van der Waals surface area contributed by atoms with Crippen molar-refractivity contribution in [1.82, 2.24) is 25.0 Å². The van der Waals surface area contributed by atoms with Gasteiger partial charge in [-0.2, -0.15) is 5.10 Å². The number of amides is 1. The van der Waals surface area contributed by atoms with Crippen LogP contribution in [0.5, 0.6) is 0 Å². The highest BCUT2D eigenvalue weighted by Gasteiger charge is 2.37. The maximum Gasteiger partial charge on any atom is 0.272 e. The number of fused-ring (bicyclic) bond motifs is 3. The van der Waals surface area contributed by atoms with Crippen LogP contribution in [-0.2, 0) is 4.74 Å². The van der Waals surface area contributed by atoms with E-state index in [0.717, 1.165) is 42.0 Å². The van der Waals surface area contributed by atoms with Gasteiger partial charge >= 0.3 is 0 Å². The summed E-state index contributed by atoms with van der Waals surface area (Å²) in [5.41, 5.74) is 3.16. The first-order chi connectivity index (χ1) is 13.2. The largest absolute Gasteiger partial charge is 0.378 e. The molecule has 0 spiro atoms. The lowest BCUT2D eigenvalue weighted by molar-refractivity contribution is -0.0670. The van der Waals surface area contributed by atoms with Crippen molar-refractivity contribution in [3.63, 3.8) is 0 Å². The molecule has 0 saturated carbocycles. The van der Waals surface area contributed by atoms with Crippen molar-refractivity contribution in [3.8, 4) is 5.00 Å². The first-order valence-electron chi connectivity index (χ1n) is 9.18. The molecule has 2 aliphatic rings. The number of rotatable bonds is 3. The number of thiazole rings is 1. The van der Waals surface area contributed by atoms with E-state index in [1.54, 1.807) is 16.4 Å². The number of piperidine rings is 1. The number of carbonyl (C=O) groups is 1. The molecule has 2 saturated heterocycles. The Bertz CT molecular complexity index is 956. The second-order valence-electron chi connectivity index (χ2n) is 7.27. The zero-order chi connectivity index (χ0) is 18.4. The molecule has 2 aliphatic heterocycles. The van der Waals surface area contributed by atoms with Crippen molar-refractivity contribution in [2.45, 2.75) is 31.0 Å². The molecule has 3 atom stereocenters. The minimum Gasteiger partial charge on any atom is -0.378 e. The number of para-hydroxylation sites is 1. The molecule has 7 nitrogen and oxygen atoms in total. The predicted molar refractivity (Wildman–Crippen MR) is 103 cm³/mol. The third-order valence-electron chi connectivity index (χ3n) is 5.65. The van der Waals surface area contributed by atoms with Crippen molar-refractivity contribution < 1.29 is 9.53 Å². The Balaban J connectivity index is 1.43. The van der Waals surface area contributed by atoms with Crippen molar-refractivity contribution in [3.05, 3.63) is 41.7 Å². The second-order valence-corrected chi connectivity index (χ2v) is 8.13. The van der Waals surface area contributed by atoms with Gasteiger partial charge in [0.05, 0.1) is 30.4 Å². The van der Waals surface area contributed by atoms with Gasteiger partial charge in [0.2, 0.25) is 0 Å². The first-order valence-corrected chi connectivity index (χ1v) is 10.1. The molecule has 1 N–H and O–H groups in total. The van der Waals surface area contributed by atoms with E-state index in [1.165, 1.54) is 11.3 Å². The molecule has 1 amide bonds. The Hall–Kier alpha value is -2.29. The van der Waals surface area contributed by atoms with Gasteiger partial charge in [0, 0.05) is 23.5 Å². The van der Waals surface area contributed by atoms with Crippen LogP contribution in [0, 0.1) is 0 Å². The van der Waals surface area contributed by atoms with Crippen LogP contribution in [-0.4, -0.2) is 64.0 Å². The normalized spacial score (nSPS) is 25.6. The summed E-state index contributed by atoms with van der Waals surface area (Å²) >= 11 is 1.50. The van der Waals surface area contributed by atoms with Crippen LogP contribution >= 0.6 is 11.3 Å². The van der Waals surface area contributed by atoms with Gasteiger partial charge < -0.3 is 10.1 Å². The Labute approximate surface area is 160 Å². The monoisotopic (exact) mass is 383 g/mol. The molecule has 8 heteroatoms. The summed E-state index contributed by atoms with van der Waals surface area (Å²) in [6, 6.07) is 8.72. The fraction of sp³-hybridized carbons (Fsp3) is 0.421. The molecule has 1 aromatic carbocycles. The van der Waals surface area contributed by atoms with Gasteiger partial charge in [-0.1, -0.05) is 18.2 Å². The molecular weight excluding hydrogens is 362 g/mol. The lowest BCUT2D eigenvalue weighted by Crippen LogP contribution is -2.59. The van der Waals surface area contributed by atoms with Gasteiger partial charge in [-0.15, -0.1) is 11.3 Å². The molecule has 5 rings (SSSR count). The number of hydrogen-bond donors (Lipinski definition) is 1. The quantitative estimate of drug-likeness (QED) is 0.750. The molecule has 2 bridgehead atoms. The molecule has 140 valence electrons. The van der Waals surface area contributed by atoms with E-state index in [1.807, 2.05) is 24.3 Å². The number of aromatic nitrogens is 3. The molecule has 4 heterocycles. The Morgan fingerprint density at radius 3 is 2.78 bits per heavy atom. The minimum atomic E-state index is -0.108. The van der Waals surface area contributed by atoms with Gasteiger partial charge in [-0.25, -0.2) is 4.68 Å². The van der Waals surface area contributed by atoms with E-state index in [-0.39, 0.29) is 11.9 Å². The summed E-state index contributed by atoms with van der Waals surface area (Å²) in [5.74, 6) is -0.108. The van der Waals surface area contributed by atoms with Crippen LogP contribution in [0.25, 0.3) is 15.9 Å². The van der Waals surface area contributed by atoms with Crippen LogP contribution in [0.15, 0.2) is 36.0 Å². The van der Waals surface area contributed by atoms with Crippen LogP contribution in [0.4, 0.5) is 0 Å². The number of likely N-dealkylation sites (N-methyl/N-ethyl adjacent to an activating group) is 1. The van der Waals surface area contributed by atoms with E-state index in [0.29, 0.717) is 17.8 Å². The van der Waals surface area contributed by atoms with E-state index in [2.05, 4.69) is 27.3 Å². The Morgan fingerprint density at radius 1 is 1.26 bits per heavy atom. The number of morpholine rings is 1. The summed E-state index contributed by atoms with van der Waals surface area (Å²) in [5, 5.41) is 9.61. The average molecular weight is 383 g/mol. The Kier molecular flexibility index (Phi) is 4.18. The number of carbonyl (C=O) groups excluding carboxylic acids is 1. The highest BCUT2D eigenvalue weighted by Crippen LogP contribution is 2.27. The zero-order valence-electron chi connectivity index (χ0n) is 15.0. The lowest BCUT2D eigenvalue weighted by Gasteiger charge is -2.46. The van der Waals surface area contributed by atoms with Crippen LogP contribution in [0.1, 0.15) is 23.3 Å². The molecule has 0 radical (unpaired) electrons. The van der Waals surface area contributed by atoms with Gasteiger partial charge in [-0.3, -0.25) is 14.7 Å². The molecule has 27 heavy (non-hydrogen) atoms. The van der Waals surface area contributed by atoms with Gasteiger partial charge in [0.15, 0.2) is 5.69 Å². The van der Waals surface area contributed by atoms with Crippen molar-refractivity contribution in [1.29, 1.82) is 0 Å². The summed E-state index contributed by atoms with van der Waals surface area (Å²) in [4.78, 5) is 19.6. The number of ether oxygens (including phenoxy) is 1. The van der Waals surface area contributed by atoms with E-state index < -0.39 is 0 Å². The smallest absolute Gasteiger partial charge is 0.272 e. The second kappa shape index (κ2) is 6.70. The molecule has 3 aromatic rings. The average Bonchev–Trinajstić information content (AvgIpc) is 3.30. The summed E-state index contributed by atoms with van der Waals surface area (Å²) in [7, 11) is 2.15. The fourth-order valence-electron chi connectivity index (χ4n) is 4.18. The highest BCUT2D eigenvalue weighted by atomic mass is 32.1. The number of nitrogens with zero attached hydrogens (tertiary/aromatic N) is 4. The third-order valence-corrected chi connectivity index (χ3v) is 6.40. The van der Waals surface area contributed by atoms with E-state index in [4.69, 9.17) is 4.74 Å². The first kappa shape index (κ1) is 16.9. The van der Waals surface area contributed by atoms with Crippen LogP contribution < -0.4 is 5.32 Å². The standard InChI is InChI=1S/C19H21N5O2S/c1-23-13-6-12(7-14(23)10-26-9-13)21-19(25)18-15-4-2-3-5-16(15)24(22-18)17-8-20-11-27-17/h2-5,8,11-14H,6-7,9-10H2,1H3,(H,21,25)/t12?,13-,14+. The third kappa shape index (κ3) is 2.93. The number of nitrogens with one attached hydrogen (secondary N) is 1. The molecule has 1 unspecified atom stereocenters. The van der Waals surface area contributed by atoms with Crippen LogP contribution in [0.2, 0.25) is 0 Å². The Morgan fingerprint density at radius 2 is 2.04 bits per heavy atom. The van der Waals surface area contributed by atoms with Crippen molar-refractivity contribution >= 4 is 28.1 Å². The highest BCUT2D eigenvalue weighted by molar-refractivity contribution is 7.12. The summed E-state index contributed by atoms with van der Waals surface area (Å²) in [6.45, 7) is 1.48. The number of benzene rings is 1. The van der Waals surface area contributed by atoms with Crippen molar-refractivity contribution in [2.24, 2.45) is 0 Å². The number of hydrogen-bond acceptors (Lipinski definition) is 6. The molecule has 0 aliphatic carbocycles. The SMILES string of the molecule is CN1[C@@H]2COC[C@H]1CC(NC(=O)c1nn(-c3cncs3)c3ccccc13)C2. The van der Waals surface area contributed by atoms with Gasteiger partial charge in [0.1, 0.15) is 5.00 Å². The van der Waals surface area contributed by atoms with E-state index in [9.17, 15) is 4.79 Å². The predicted octanol–water partition coefficient (Wildman–Crippen LogP) is 2.07. The minimum absolute atomic E-state index is 0.108. The molecule has 2 fully saturated rings.